The van der Waals surface area contributed by atoms with E-state index in [0.29, 0.717) is 24.2 Å². The van der Waals surface area contributed by atoms with Crippen LogP contribution in [0.2, 0.25) is 0 Å². The summed E-state index contributed by atoms with van der Waals surface area (Å²) >= 11 is 0. The Morgan fingerprint density at radius 1 is 1.47 bits per heavy atom. The van der Waals surface area contributed by atoms with Crippen molar-refractivity contribution in [2.75, 3.05) is 0 Å². The van der Waals surface area contributed by atoms with Gasteiger partial charge in [-0.05, 0) is 32.3 Å². The zero-order valence-electron chi connectivity index (χ0n) is 9.60. The van der Waals surface area contributed by atoms with Gasteiger partial charge in [-0.25, -0.2) is 0 Å². The highest BCUT2D eigenvalue weighted by Gasteiger charge is 2.30. The number of carboxylic acids is 1. The van der Waals surface area contributed by atoms with Crippen molar-refractivity contribution in [1.82, 2.24) is 5.32 Å². The van der Waals surface area contributed by atoms with E-state index >= 15 is 0 Å². The molecular weight excluding hydrogens is 222 g/mol. The molecule has 5 heteroatoms. The fourth-order valence-electron chi connectivity index (χ4n) is 2.17. The van der Waals surface area contributed by atoms with Gasteiger partial charge in [-0.15, -0.1) is 0 Å². The molecule has 1 saturated carbocycles. The molecule has 0 aromatic carbocycles. The van der Waals surface area contributed by atoms with E-state index in [0.717, 1.165) is 6.42 Å². The lowest BCUT2D eigenvalue weighted by Gasteiger charge is -2.11. The number of hydrogen-bond donors (Lipinski definition) is 2. The molecule has 2 rings (SSSR count). The van der Waals surface area contributed by atoms with Gasteiger partial charge in [0.05, 0.1) is 11.5 Å². The van der Waals surface area contributed by atoms with Crippen LogP contribution in [0.5, 0.6) is 0 Å². The molecular formula is C12H15NO4. The number of carbonyl (C=O) groups is 2. The number of amides is 1. The van der Waals surface area contributed by atoms with Crippen LogP contribution >= 0.6 is 0 Å². The van der Waals surface area contributed by atoms with E-state index in [1.807, 2.05) is 0 Å². The van der Waals surface area contributed by atoms with Crippen molar-refractivity contribution < 1.29 is 19.1 Å². The van der Waals surface area contributed by atoms with Gasteiger partial charge >= 0.3 is 5.97 Å². The standard InChI is InChI=1S/C12H15NO4/c1-7-4-9(6-17-7)11(14)13-10-3-2-8(5-10)12(15)16/h4,6,8,10H,2-3,5H2,1H3,(H,13,14)(H,15,16). The Kier molecular flexibility index (Phi) is 3.17. The van der Waals surface area contributed by atoms with Crippen LogP contribution in [0, 0.1) is 12.8 Å². The Morgan fingerprint density at radius 2 is 2.24 bits per heavy atom. The zero-order chi connectivity index (χ0) is 12.4. The maximum atomic E-state index is 11.8. The summed E-state index contributed by atoms with van der Waals surface area (Å²) in [6.07, 6.45) is 3.27. The molecule has 92 valence electrons. The molecule has 1 amide bonds. The van der Waals surface area contributed by atoms with Crippen LogP contribution in [0.4, 0.5) is 0 Å². The number of carboxylic acid groups (broad SMARTS) is 1. The third-order valence-electron chi connectivity index (χ3n) is 3.11. The Labute approximate surface area is 98.8 Å². The van der Waals surface area contributed by atoms with Gasteiger partial charge in [0.15, 0.2) is 0 Å². The maximum absolute atomic E-state index is 11.8. The molecule has 2 atom stereocenters. The van der Waals surface area contributed by atoms with Crippen molar-refractivity contribution >= 4 is 11.9 Å². The molecule has 1 aliphatic rings. The first-order valence-corrected chi connectivity index (χ1v) is 5.65. The fraction of sp³-hybridized carbons (Fsp3) is 0.500. The predicted molar refractivity (Wildman–Crippen MR) is 59.7 cm³/mol. The smallest absolute Gasteiger partial charge is 0.306 e. The molecule has 1 fully saturated rings. The van der Waals surface area contributed by atoms with E-state index in [2.05, 4.69) is 5.32 Å². The van der Waals surface area contributed by atoms with Gasteiger partial charge in [-0.1, -0.05) is 0 Å². The summed E-state index contributed by atoms with van der Waals surface area (Å²) in [4.78, 5) is 22.6. The number of rotatable bonds is 3. The molecule has 1 aromatic rings. The number of aryl methyl sites for hydroxylation is 1. The minimum atomic E-state index is -0.777. The van der Waals surface area contributed by atoms with Crippen LogP contribution in [-0.2, 0) is 4.79 Å². The minimum absolute atomic E-state index is 0.0428. The summed E-state index contributed by atoms with van der Waals surface area (Å²) < 4.78 is 5.05. The number of hydrogen-bond acceptors (Lipinski definition) is 3. The molecule has 0 bridgehead atoms. The summed E-state index contributed by atoms with van der Waals surface area (Å²) in [6, 6.07) is 1.62. The predicted octanol–water partition coefficient (Wildman–Crippen LogP) is 1.57. The lowest BCUT2D eigenvalue weighted by Crippen LogP contribution is -2.33. The van der Waals surface area contributed by atoms with Crippen molar-refractivity contribution in [2.24, 2.45) is 5.92 Å². The molecule has 0 saturated heterocycles. The molecule has 1 heterocycles. The largest absolute Gasteiger partial charge is 0.481 e. The van der Waals surface area contributed by atoms with E-state index in [9.17, 15) is 9.59 Å². The van der Waals surface area contributed by atoms with Gasteiger partial charge in [0, 0.05) is 6.04 Å². The van der Waals surface area contributed by atoms with Crippen LogP contribution in [0.15, 0.2) is 16.7 Å². The van der Waals surface area contributed by atoms with Crippen LogP contribution in [-0.4, -0.2) is 23.0 Å². The highest BCUT2D eigenvalue weighted by atomic mass is 16.4. The Balaban J connectivity index is 1.90. The normalized spacial score (nSPS) is 23.6. The molecule has 0 radical (unpaired) electrons. The van der Waals surface area contributed by atoms with Gasteiger partial charge in [0.2, 0.25) is 0 Å². The lowest BCUT2D eigenvalue weighted by atomic mass is 10.1. The van der Waals surface area contributed by atoms with Crippen molar-refractivity contribution in [3.63, 3.8) is 0 Å². The van der Waals surface area contributed by atoms with Gasteiger partial charge < -0.3 is 14.8 Å². The fourth-order valence-corrected chi connectivity index (χ4v) is 2.17. The third kappa shape index (κ3) is 2.67. The second-order valence-corrected chi connectivity index (χ2v) is 4.46. The second kappa shape index (κ2) is 4.61. The van der Waals surface area contributed by atoms with E-state index in [1.165, 1.54) is 6.26 Å². The highest BCUT2D eigenvalue weighted by molar-refractivity contribution is 5.94. The first-order valence-electron chi connectivity index (χ1n) is 5.65. The van der Waals surface area contributed by atoms with E-state index < -0.39 is 5.97 Å². The second-order valence-electron chi connectivity index (χ2n) is 4.46. The molecule has 1 aromatic heterocycles. The average molecular weight is 237 g/mol. The summed E-state index contributed by atoms with van der Waals surface area (Å²) in [5.41, 5.74) is 0.487. The van der Waals surface area contributed by atoms with Crippen molar-refractivity contribution in [3.05, 3.63) is 23.7 Å². The number of furan rings is 1. The van der Waals surface area contributed by atoms with E-state index in [1.54, 1.807) is 13.0 Å². The zero-order valence-corrected chi connectivity index (χ0v) is 9.60. The van der Waals surface area contributed by atoms with E-state index in [4.69, 9.17) is 9.52 Å². The molecule has 5 nitrogen and oxygen atoms in total. The highest BCUT2D eigenvalue weighted by Crippen LogP contribution is 2.25. The summed E-state index contributed by atoms with van der Waals surface area (Å²) in [6.45, 7) is 1.77. The number of aliphatic carboxylic acids is 1. The molecule has 2 N–H and O–H groups in total. The Hall–Kier alpha value is -1.78. The summed E-state index contributed by atoms with van der Waals surface area (Å²) in [7, 11) is 0. The number of carbonyl (C=O) groups excluding carboxylic acids is 1. The summed E-state index contributed by atoms with van der Waals surface area (Å²) in [5, 5.41) is 11.7. The molecule has 0 aliphatic heterocycles. The molecule has 1 aliphatic carbocycles. The van der Waals surface area contributed by atoms with Crippen LogP contribution in [0.3, 0.4) is 0 Å². The quantitative estimate of drug-likeness (QED) is 0.836. The Bertz CT molecular complexity index is 437. The lowest BCUT2D eigenvalue weighted by molar-refractivity contribution is -0.141. The molecule has 0 spiro atoms. The van der Waals surface area contributed by atoms with E-state index in [-0.39, 0.29) is 17.9 Å². The van der Waals surface area contributed by atoms with Gasteiger partial charge in [-0.2, -0.15) is 0 Å². The third-order valence-corrected chi connectivity index (χ3v) is 3.11. The first-order chi connectivity index (χ1) is 8.06. The van der Waals surface area contributed by atoms with Crippen molar-refractivity contribution in [2.45, 2.75) is 32.2 Å². The van der Waals surface area contributed by atoms with Gasteiger partial charge in [0.25, 0.3) is 5.91 Å². The first kappa shape index (κ1) is 11.7. The van der Waals surface area contributed by atoms with Gasteiger partial charge in [-0.3, -0.25) is 9.59 Å². The van der Waals surface area contributed by atoms with Crippen LogP contribution in [0.1, 0.15) is 35.4 Å². The van der Waals surface area contributed by atoms with Gasteiger partial charge in [0.1, 0.15) is 12.0 Å². The SMILES string of the molecule is Cc1cc(C(=O)NC2CCC(C(=O)O)C2)co1. The monoisotopic (exact) mass is 237 g/mol. The minimum Gasteiger partial charge on any atom is -0.481 e. The number of nitrogens with one attached hydrogen (secondary N) is 1. The average Bonchev–Trinajstić information content (AvgIpc) is 2.86. The Morgan fingerprint density at radius 3 is 2.76 bits per heavy atom. The van der Waals surface area contributed by atoms with Crippen molar-refractivity contribution in [3.8, 4) is 0 Å². The molecule has 2 unspecified atom stereocenters. The van der Waals surface area contributed by atoms with Crippen molar-refractivity contribution in [1.29, 1.82) is 0 Å². The molecule has 17 heavy (non-hydrogen) atoms. The van der Waals surface area contributed by atoms with Crippen LogP contribution < -0.4 is 5.32 Å². The van der Waals surface area contributed by atoms with Crippen LogP contribution in [0.25, 0.3) is 0 Å². The summed E-state index contributed by atoms with van der Waals surface area (Å²) in [5.74, 6) is -0.616. The maximum Gasteiger partial charge on any atom is 0.306 e. The topological polar surface area (TPSA) is 79.5 Å².